The largest absolute Gasteiger partial charge is 0.481 e. The minimum absolute atomic E-state index is 0.0894. The van der Waals surface area contributed by atoms with Crippen LogP contribution in [0.15, 0.2) is 46.9 Å². The Morgan fingerprint density at radius 3 is 2.50 bits per heavy atom. The molecule has 0 saturated carbocycles. The summed E-state index contributed by atoms with van der Waals surface area (Å²) in [6, 6.07) is 10.4. The molecule has 1 aliphatic rings. The highest BCUT2D eigenvalue weighted by molar-refractivity contribution is 6.42. The molecule has 1 fully saturated rings. The second-order valence-electron chi connectivity index (χ2n) is 6.91. The Morgan fingerprint density at radius 1 is 1.16 bits per heavy atom. The summed E-state index contributed by atoms with van der Waals surface area (Å²) in [6.07, 6.45) is 0. The van der Waals surface area contributed by atoms with Gasteiger partial charge in [-0.15, -0.1) is 5.10 Å². The van der Waals surface area contributed by atoms with E-state index in [1.807, 2.05) is 0 Å². The Kier molecular flexibility index (Phi) is 5.72. The Balaban J connectivity index is 1.66. The third kappa shape index (κ3) is 3.97. The van der Waals surface area contributed by atoms with Gasteiger partial charge in [-0.05, 0) is 35.9 Å². The summed E-state index contributed by atoms with van der Waals surface area (Å²) in [4.78, 5) is 39.7. The highest BCUT2D eigenvalue weighted by Gasteiger charge is 2.43. The maximum absolute atomic E-state index is 13.2. The zero-order valence-corrected chi connectivity index (χ0v) is 17.7. The monoisotopic (exact) mass is 475 g/mol. The van der Waals surface area contributed by atoms with Crippen LogP contribution in [0.4, 0.5) is 16.5 Å². The first-order valence-electron chi connectivity index (χ1n) is 9.24. The topological polar surface area (TPSA) is 143 Å². The van der Waals surface area contributed by atoms with Crippen molar-refractivity contribution in [2.75, 3.05) is 17.2 Å². The SMILES string of the molecule is Nc1nnc(-c2ccc(N3CC(C(=O)O)C(=O)N(Cc4cccc(Cl)c4Cl)C3=O)cc2)o1. The minimum atomic E-state index is -1.44. The van der Waals surface area contributed by atoms with Crippen molar-refractivity contribution in [1.82, 2.24) is 15.1 Å². The number of carbonyl (C=O) groups excluding carboxylic acids is 2. The van der Waals surface area contributed by atoms with Gasteiger partial charge in [0.1, 0.15) is 0 Å². The molecule has 2 heterocycles. The molecule has 0 spiro atoms. The van der Waals surface area contributed by atoms with E-state index in [9.17, 15) is 19.5 Å². The van der Waals surface area contributed by atoms with Gasteiger partial charge in [0.2, 0.25) is 11.8 Å². The van der Waals surface area contributed by atoms with Crippen LogP contribution in [0, 0.1) is 5.92 Å². The van der Waals surface area contributed by atoms with Crippen molar-refractivity contribution in [3.63, 3.8) is 0 Å². The molecule has 10 nitrogen and oxygen atoms in total. The van der Waals surface area contributed by atoms with Crippen molar-refractivity contribution in [1.29, 1.82) is 0 Å². The average Bonchev–Trinajstić information content (AvgIpc) is 3.20. The number of rotatable bonds is 5. The lowest BCUT2D eigenvalue weighted by atomic mass is 10.0. The van der Waals surface area contributed by atoms with Crippen LogP contribution >= 0.6 is 23.2 Å². The molecule has 0 radical (unpaired) electrons. The van der Waals surface area contributed by atoms with Gasteiger partial charge in [0.15, 0.2) is 5.92 Å². The molecule has 1 aliphatic heterocycles. The summed E-state index contributed by atoms with van der Waals surface area (Å²) in [7, 11) is 0. The number of nitrogen functional groups attached to an aromatic ring is 1. The standard InChI is InChI=1S/C20H15Cl2N5O5/c21-14-3-1-2-11(15(14)22)8-27-17(28)13(18(29)30)9-26(20(27)31)12-6-4-10(5-7-12)16-24-25-19(23)32-16/h1-7,13H,8-9H2,(H2,23,25)(H,29,30). The van der Waals surface area contributed by atoms with Gasteiger partial charge < -0.3 is 15.3 Å². The number of halogens is 2. The smallest absolute Gasteiger partial charge is 0.331 e. The predicted octanol–water partition coefficient (Wildman–Crippen LogP) is 3.30. The number of carboxylic acids is 1. The molecule has 164 valence electrons. The molecule has 12 heteroatoms. The van der Waals surface area contributed by atoms with Crippen LogP contribution in [0.1, 0.15) is 5.56 Å². The summed E-state index contributed by atoms with van der Waals surface area (Å²) in [5, 5.41) is 17.4. The van der Waals surface area contributed by atoms with Gasteiger partial charge in [0, 0.05) is 17.8 Å². The third-order valence-corrected chi connectivity index (χ3v) is 5.77. The molecule has 1 atom stereocenters. The van der Waals surface area contributed by atoms with Gasteiger partial charge >= 0.3 is 18.0 Å². The van der Waals surface area contributed by atoms with E-state index < -0.39 is 23.8 Å². The van der Waals surface area contributed by atoms with Crippen molar-refractivity contribution < 1.29 is 23.9 Å². The molecule has 0 aliphatic carbocycles. The molecule has 1 saturated heterocycles. The summed E-state index contributed by atoms with van der Waals surface area (Å²) in [5.74, 6) is -3.42. The second kappa shape index (κ2) is 8.48. The zero-order valence-electron chi connectivity index (χ0n) is 16.2. The number of carboxylic acid groups (broad SMARTS) is 1. The van der Waals surface area contributed by atoms with Crippen molar-refractivity contribution in [3.8, 4) is 11.5 Å². The van der Waals surface area contributed by atoms with Crippen LogP contribution in [0.5, 0.6) is 0 Å². The summed E-state index contributed by atoms with van der Waals surface area (Å²) < 4.78 is 5.16. The number of benzene rings is 2. The van der Waals surface area contributed by atoms with E-state index in [4.69, 9.17) is 33.4 Å². The first-order chi connectivity index (χ1) is 15.3. The van der Waals surface area contributed by atoms with Gasteiger partial charge in [0.25, 0.3) is 0 Å². The molecule has 3 amide bonds. The quantitative estimate of drug-likeness (QED) is 0.534. The molecule has 1 unspecified atom stereocenters. The molecule has 3 aromatic rings. The minimum Gasteiger partial charge on any atom is -0.481 e. The molecule has 4 rings (SSSR count). The van der Waals surface area contributed by atoms with E-state index >= 15 is 0 Å². The number of nitrogens with zero attached hydrogens (tertiary/aromatic N) is 4. The molecular weight excluding hydrogens is 461 g/mol. The maximum Gasteiger partial charge on any atom is 0.331 e. The number of imide groups is 1. The zero-order chi connectivity index (χ0) is 23.0. The number of hydrogen-bond acceptors (Lipinski definition) is 7. The Labute approximate surface area is 191 Å². The van der Waals surface area contributed by atoms with E-state index in [1.54, 1.807) is 42.5 Å². The van der Waals surface area contributed by atoms with Gasteiger partial charge in [-0.25, -0.2) is 4.79 Å². The number of anilines is 2. The van der Waals surface area contributed by atoms with Crippen molar-refractivity contribution in [2.45, 2.75) is 6.54 Å². The molecule has 32 heavy (non-hydrogen) atoms. The number of hydrogen-bond donors (Lipinski definition) is 2. The lowest BCUT2D eigenvalue weighted by Gasteiger charge is -2.37. The average molecular weight is 476 g/mol. The van der Waals surface area contributed by atoms with Gasteiger partial charge in [-0.1, -0.05) is 40.4 Å². The number of amides is 3. The maximum atomic E-state index is 13.2. The fourth-order valence-corrected chi connectivity index (χ4v) is 3.67. The van der Waals surface area contributed by atoms with Crippen LogP contribution in [0.25, 0.3) is 11.5 Å². The highest BCUT2D eigenvalue weighted by Crippen LogP contribution is 2.31. The number of carbonyl (C=O) groups is 3. The number of aliphatic carboxylic acids is 1. The van der Waals surface area contributed by atoms with Crippen molar-refractivity contribution in [3.05, 3.63) is 58.1 Å². The fraction of sp³-hybridized carbons (Fsp3) is 0.150. The predicted molar refractivity (Wildman–Crippen MR) is 115 cm³/mol. The van der Waals surface area contributed by atoms with Crippen LogP contribution in [-0.4, -0.2) is 44.7 Å². The summed E-state index contributed by atoms with van der Waals surface area (Å²) >= 11 is 12.2. The summed E-state index contributed by atoms with van der Waals surface area (Å²) in [5.41, 5.74) is 6.78. The van der Waals surface area contributed by atoms with Crippen molar-refractivity contribution >= 4 is 52.8 Å². The van der Waals surface area contributed by atoms with E-state index in [0.717, 1.165) is 4.90 Å². The third-order valence-electron chi connectivity index (χ3n) is 4.92. The van der Waals surface area contributed by atoms with Crippen LogP contribution < -0.4 is 10.6 Å². The lowest BCUT2D eigenvalue weighted by Crippen LogP contribution is -2.58. The Hall–Kier alpha value is -3.63. The normalized spacial score (nSPS) is 16.5. The molecule has 2 aromatic carbocycles. The van der Waals surface area contributed by atoms with E-state index in [0.29, 0.717) is 16.8 Å². The first kappa shape index (κ1) is 21.6. The molecule has 0 bridgehead atoms. The second-order valence-corrected chi connectivity index (χ2v) is 7.70. The number of aromatic nitrogens is 2. The van der Waals surface area contributed by atoms with Gasteiger partial charge in [-0.3, -0.25) is 19.4 Å². The molecular formula is C20H15Cl2N5O5. The van der Waals surface area contributed by atoms with Gasteiger partial charge in [0.05, 0.1) is 16.6 Å². The fourth-order valence-electron chi connectivity index (χ4n) is 3.29. The van der Waals surface area contributed by atoms with Crippen LogP contribution in [-0.2, 0) is 16.1 Å². The lowest BCUT2D eigenvalue weighted by molar-refractivity contribution is -0.150. The van der Waals surface area contributed by atoms with E-state index in [1.165, 1.54) is 4.90 Å². The highest BCUT2D eigenvalue weighted by atomic mass is 35.5. The Bertz CT molecular complexity index is 1210. The van der Waals surface area contributed by atoms with E-state index in [-0.39, 0.29) is 35.0 Å². The van der Waals surface area contributed by atoms with Gasteiger partial charge in [-0.2, -0.15) is 0 Å². The number of nitrogens with two attached hydrogens (primary N) is 1. The first-order valence-corrected chi connectivity index (χ1v) is 10.00. The van der Waals surface area contributed by atoms with Crippen molar-refractivity contribution in [2.24, 2.45) is 5.92 Å². The van der Waals surface area contributed by atoms with Crippen LogP contribution in [0.3, 0.4) is 0 Å². The van der Waals surface area contributed by atoms with E-state index in [2.05, 4.69) is 10.2 Å². The van der Waals surface area contributed by atoms with Crippen LogP contribution in [0.2, 0.25) is 10.0 Å². The molecule has 3 N–H and O–H groups in total. The molecule has 1 aromatic heterocycles. The Morgan fingerprint density at radius 2 is 1.88 bits per heavy atom. The number of urea groups is 1. The summed E-state index contributed by atoms with van der Waals surface area (Å²) in [6.45, 7) is -0.545.